The average molecular weight is 378 g/mol. The van der Waals surface area contributed by atoms with Crippen molar-refractivity contribution in [1.29, 1.82) is 0 Å². The van der Waals surface area contributed by atoms with Crippen molar-refractivity contribution in [2.45, 2.75) is 18.4 Å². The molecule has 4 N–H and O–H groups in total. The lowest BCUT2D eigenvalue weighted by atomic mass is 10.1. The van der Waals surface area contributed by atoms with E-state index in [0.29, 0.717) is 28.3 Å². The highest BCUT2D eigenvalue weighted by atomic mass is 19.1. The fourth-order valence-electron chi connectivity index (χ4n) is 3.09. The molecule has 1 saturated carbocycles. The van der Waals surface area contributed by atoms with Crippen LogP contribution in [0.5, 0.6) is 0 Å². The summed E-state index contributed by atoms with van der Waals surface area (Å²) >= 11 is 0. The summed E-state index contributed by atoms with van der Waals surface area (Å²) in [6.45, 7) is 0. The first-order valence-corrected chi connectivity index (χ1v) is 8.85. The van der Waals surface area contributed by atoms with Gasteiger partial charge < -0.3 is 5.73 Å². The molecule has 8 heteroatoms. The maximum Gasteiger partial charge on any atom is 0.181 e. The smallest absolute Gasteiger partial charge is 0.181 e. The highest BCUT2D eigenvalue weighted by molar-refractivity contribution is 5.92. The molecule has 0 amide bonds. The van der Waals surface area contributed by atoms with E-state index in [0.717, 1.165) is 18.4 Å². The second-order valence-corrected chi connectivity index (χ2v) is 7.04. The Hall–Kier alpha value is -3.39. The van der Waals surface area contributed by atoms with E-state index < -0.39 is 11.4 Å². The lowest BCUT2D eigenvalue weighted by Crippen LogP contribution is -2.20. The van der Waals surface area contributed by atoms with Gasteiger partial charge in [0.15, 0.2) is 11.6 Å². The lowest BCUT2D eigenvalue weighted by Gasteiger charge is -2.01. The Bertz CT molecular complexity index is 1200. The van der Waals surface area contributed by atoms with E-state index in [-0.39, 0.29) is 11.3 Å². The van der Waals surface area contributed by atoms with Gasteiger partial charge in [-0.25, -0.2) is 13.8 Å². The van der Waals surface area contributed by atoms with Gasteiger partial charge in [-0.05, 0) is 48.7 Å². The number of nitrogens with two attached hydrogens (primary N) is 1. The zero-order valence-corrected chi connectivity index (χ0v) is 14.7. The van der Waals surface area contributed by atoms with Crippen molar-refractivity contribution in [2.75, 3.05) is 0 Å². The number of hydrogen-bond acceptors (Lipinski definition) is 4. The first-order valence-electron chi connectivity index (χ1n) is 8.85. The number of hydrogen-bond donors (Lipinski definition) is 3. The molecule has 6 nitrogen and oxygen atoms in total. The molecule has 0 unspecified atom stereocenters. The molecular weight excluding hydrogens is 362 g/mol. The number of nitrogens with zero attached hydrogens (tertiary/aromatic N) is 3. The molecule has 140 valence electrons. The van der Waals surface area contributed by atoms with Crippen LogP contribution >= 0.6 is 0 Å². The maximum absolute atomic E-state index is 14.6. The predicted octanol–water partition coefficient (Wildman–Crippen LogP) is 3.74. The van der Waals surface area contributed by atoms with Gasteiger partial charge in [-0.15, -0.1) is 0 Å². The minimum atomic E-state index is -0.467. The molecule has 1 aliphatic carbocycles. The van der Waals surface area contributed by atoms with Crippen LogP contribution in [0.3, 0.4) is 0 Å². The van der Waals surface area contributed by atoms with Crippen LogP contribution in [-0.4, -0.2) is 25.4 Å². The van der Waals surface area contributed by atoms with Crippen molar-refractivity contribution in [2.24, 2.45) is 5.73 Å². The van der Waals surface area contributed by atoms with E-state index in [1.807, 2.05) is 0 Å². The van der Waals surface area contributed by atoms with Gasteiger partial charge in [0.1, 0.15) is 17.2 Å². The van der Waals surface area contributed by atoms with E-state index in [4.69, 9.17) is 5.73 Å². The van der Waals surface area contributed by atoms with E-state index >= 15 is 0 Å². The third-order valence-electron chi connectivity index (χ3n) is 4.96. The normalized spacial score (nSPS) is 15.5. The van der Waals surface area contributed by atoms with E-state index in [1.54, 1.807) is 30.4 Å². The summed E-state index contributed by atoms with van der Waals surface area (Å²) in [6, 6.07) is 9.23. The monoisotopic (exact) mass is 378 g/mol. The highest BCUT2D eigenvalue weighted by Gasteiger charge is 2.43. The molecule has 2 aromatic carbocycles. The molecule has 2 heterocycles. The third-order valence-corrected chi connectivity index (χ3v) is 4.96. The molecule has 1 fully saturated rings. The molecule has 0 saturated heterocycles. The molecule has 5 rings (SSSR count). The van der Waals surface area contributed by atoms with Gasteiger partial charge >= 0.3 is 0 Å². The number of benzene rings is 2. The lowest BCUT2D eigenvalue weighted by molar-refractivity contribution is 0.627. The van der Waals surface area contributed by atoms with Crippen LogP contribution in [0.1, 0.15) is 29.9 Å². The minimum absolute atomic E-state index is 0.232. The third kappa shape index (κ3) is 2.87. The average Bonchev–Trinajstić information content (AvgIpc) is 3.11. The fourth-order valence-corrected chi connectivity index (χ4v) is 3.09. The van der Waals surface area contributed by atoms with Gasteiger partial charge in [-0.1, -0.05) is 18.2 Å². The van der Waals surface area contributed by atoms with Gasteiger partial charge in [0.2, 0.25) is 0 Å². The number of nitrogens with one attached hydrogen (secondary N) is 2. The van der Waals surface area contributed by atoms with Crippen molar-refractivity contribution in [3.8, 4) is 11.4 Å². The molecular formula is C20H16F2N6. The number of fused-ring (bicyclic) bond motifs is 1. The second kappa shape index (κ2) is 6.07. The van der Waals surface area contributed by atoms with Gasteiger partial charge in [-0.2, -0.15) is 10.2 Å². The minimum Gasteiger partial charge on any atom is -0.319 e. The van der Waals surface area contributed by atoms with Crippen LogP contribution in [-0.2, 0) is 5.54 Å². The predicted molar refractivity (Wildman–Crippen MR) is 102 cm³/mol. The van der Waals surface area contributed by atoms with Gasteiger partial charge in [0, 0.05) is 10.9 Å². The SMILES string of the molecule is NC1(c2nc(-c3cc(F)c4n[nH]c(/C=C/c5ccc(F)cc5)c4c3)n[nH]2)CC1. The Morgan fingerprint density at radius 2 is 1.79 bits per heavy atom. The van der Waals surface area contributed by atoms with Crippen molar-refractivity contribution in [1.82, 2.24) is 25.4 Å². The van der Waals surface area contributed by atoms with Crippen molar-refractivity contribution < 1.29 is 8.78 Å². The van der Waals surface area contributed by atoms with E-state index in [9.17, 15) is 8.78 Å². The quantitative estimate of drug-likeness (QED) is 0.504. The van der Waals surface area contributed by atoms with Crippen LogP contribution in [0, 0.1) is 11.6 Å². The van der Waals surface area contributed by atoms with Crippen LogP contribution in [0.4, 0.5) is 8.78 Å². The molecule has 2 aromatic heterocycles. The van der Waals surface area contributed by atoms with Crippen LogP contribution < -0.4 is 5.73 Å². The van der Waals surface area contributed by atoms with Gasteiger partial charge in [-0.3, -0.25) is 10.2 Å². The molecule has 1 aliphatic rings. The summed E-state index contributed by atoms with van der Waals surface area (Å²) < 4.78 is 27.6. The molecule has 0 atom stereocenters. The summed E-state index contributed by atoms with van der Waals surface area (Å²) in [5, 5.41) is 14.5. The maximum atomic E-state index is 14.6. The molecule has 0 spiro atoms. The first kappa shape index (κ1) is 16.8. The largest absolute Gasteiger partial charge is 0.319 e. The summed E-state index contributed by atoms with van der Waals surface area (Å²) in [7, 11) is 0. The van der Waals surface area contributed by atoms with Crippen molar-refractivity contribution in [3.63, 3.8) is 0 Å². The molecule has 0 radical (unpaired) electrons. The standard InChI is InChI=1S/C20H16F2N6/c21-13-4-1-11(2-5-13)3-6-16-14-9-12(10-15(22)17(14)26-25-16)18-24-19(28-27-18)20(23)7-8-20/h1-6,9-10H,7-8,23H2,(H,25,26)(H,24,27,28)/b6-3+. The number of H-pyrrole nitrogens is 2. The molecule has 0 aliphatic heterocycles. The summed E-state index contributed by atoms with van der Waals surface area (Å²) in [5.41, 5.74) is 7.92. The Morgan fingerprint density at radius 3 is 2.54 bits per heavy atom. The Balaban J connectivity index is 1.53. The van der Waals surface area contributed by atoms with Crippen LogP contribution in [0.15, 0.2) is 36.4 Å². The van der Waals surface area contributed by atoms with Crippen molar-refractivity contribution >= 4 is 23.1 Å². The first-order chi connectivity index (χ1) is 13.5. The Labute approximate surface area is 158 Å². The Kier molecular flexibility index (Phi) is 3.63. The molecule has 4 aromatic rings. The fraction of sp³-hybridized carbons (Fsp3) is 0.150. The number of halogens is 2. The topological polar surface area (TPSA) is 96.3 Å². The molecule has 28 heavy (non-hydrogen) atoms. The summed E-state index contributed by atoms with van der Waals surface area (Å²) in [5.74, 6) is 0.242. The number of aromatic nitrogens is 5. The van der Waals surface area contributed by atoms with E-state index in [2.05, 4.69) is 25.4 Å². The van der Waals surface area contributed by atoms with Crippen molar-refractivity contribution in [3.05, 3.63) is 65.1 Å². The summed E-state index contributed by atoms with van der Waals surface area (Å²) in [4.78, 5) is 4.44. The Morgan fingerprint density at radius 1 is 1.00 bits per heavy atom. The zero-order valence-electron chi connectivity index (χ0n) is 14.7. The van der Waals surface area contributed by atoms with Gasteiger partial charge in [0.25, 0.3) is 0 Å². The number of rotatable bonds is 4. The highest BCUT2D eigenvalue weighted by Crippen LogP contribution is 2.41. The summed E-state index contributed by atoms with van der Waals surface area (Å²) in [6.07, 6.45) is 5.28. The van der Waals surface area contributed by atoms with Crippen LogP contribution in [0.25, 0.3) is 34.4 Å². The van der Waals surface area contributed by atoms with Crippen LogP contribution in [0.2, 0.25) is 0 Å². The zero-order chi connectivity index (χ0) is 19.3. The molecule has 0 bridgehead atoms. The van der Waals surface area contributed by atoms with Gasteiger partial charge in [0.05, 0.1) is 11.2 Å². The van der Waals surface area contributed by atoms with E-state index in [1.165, 1.54) is 18.2 Å². The second-order valence-electron chi connectivity index (χ2n) is 7.04. The number of aromatic amines is 2.